The van der Waals surface area contributed by atoms with Gasteiger partial charge in [-0.15, -0.1) is 10.2 Å². The zero-order valence-electron chi connectivity index (χ0n) is 16.3. The second-order valence-corrected chi connectivity index (χ2v) is 7.15. The lowest BCUT2D eigenvalue weighted by atomic mass is 10.1. The Kier molecular flexibility index (Phi) is 4.88. The number of benzene rings is 3. The fourth-order valence-electron chi connectivity index (χ4n) is 3.36. The fourth-order valence-corrected chi connectivity index (χ4v) is 3.36. The van der Waals surface area contributed by atoms with Gasteiger partial charge in [0, 0.05) is 11.1 Å². The van der Waals surface area contributed by atoms with Gasteiger partial charge in [0.15, 0.2) is 0 Å². The molecule has 3 aromatic carbocycles. The van der Waals surface area contributed by atoms with Crippen molar-refractivity contribution in [2.75, 3.05) is 0 Å². The minimum absolute atomic E-state index is 0.682. The molecule has 0 saturated heterocycles. The van der Waals surface area contributed by atoms with Crippen LogP contribution in [0.1, 0.15) is 11.1 Å². The molecular weight excluding hydrogens is 372 g/mol. The number of nitrogens with zero attached hydrogens (tertiary/aromatic N) is 6. The van der Waals surface area contributed by atoms with Crippen molar-refractivity contribution in [1.82, 2.24) is 30.0 Å². The molecule has 0 aliphatic heterocycles. The van der Waals surface area contributed by atoms with Gasteiger partial charge in [-0.2, -0.15) is 0 Å². The summed E-state index contributed by atoms with van der Waals surface area (Å²) >= 11 is 0. The highest BCUT2D eigenvalue weighted by Crippen LogP contribution is 2.17. The molecule has 0 saturated carbocycles. The quantitative estimate of drug-likeness (QED) is 0.432. The summed E-state index contributed by atoms with van der Waals surface area (Å²) in [6.45, 7) is 1.36. The molecule has 30 heavy (non-hydrogen) atoms. The maximum Gasteiger partial charge on any atom is 0.113 e. The molecule has 5 rings (SSSR count). The Morgan fingerprint density at radius 3 is 1.30 bits per heavy atom. The zero-order valence-corrected chi connectivity index (χ0v) is 16.3. The van der Waals surface area contributed by atoms with E-state index in [0.717, 1.165) is 22.5 Å². The number of aromatic nitrogens is 6. The zero-order chi connectivity index (χ0) is 20.2. The van der Waals surface area contributed by atoms with E-state index in [4.69, 9.17) is 0 Å². The molecule has 0 aliphatic carbocycles. The molecule has 0 N–H and O–H groups in total. The first kappa shape index (κ1) is 18.0. The maximum absolute atomic E-state index is 4.28. The van der Waals surface area contributed by atoms with Crippen molar-refractivity contribution < 1.29 is 0 Å². The second kappa shape index (κ2) is 8.13. The number of hydrogen-bond acceptors (Lipinski definition) is 4. The lowest BCUT2D eigenvalue weighted by Gasteiger charge is -2.04. The first-order chi connectivity index (χ1) is 14.8. The van der Waals surface area contributed by atoms with Crippen LogP contribution in [0.5, 0.6) is 0 Å². The molecule has 0 fully saturated rings. The smallest absolute Gasteiger partial charge is 0.113 e. The number of hydrogen-bond donors (Lipinski definition) is 0. The van der Waals surface area contributed by atoms with Gasteiger partial charge in [-0.05, 0) is 11.1 Å². The van der Waals surface area contributed by atoms with E-state index in [0.29, 0.717) is 13.1 Å². The van der Waals surface area contributed by atoms with E-state index < -0.39 is 0 Å². The van der Waals surface area contributed by atoms with Crippen molar-refractivity contribution in [1.29, 1.82) is 0 Å². The van der Waals surface area contributed by atoms with E-state index in [1.807, 2.05) is 82.4 Å². The maximum atomic E-state index is 4.28. The molecule has 0 atom stereocenters. The molecule has 0 aliphatic rings. The van der Waals surface area contributed by atoms with Crippen molar-refractivity contribution >= 4 is 0 Å². The Labute approximate surface area is 174 Å². The van der Waals surface area contributed by atoms with Crippen molar-refractivity contribution in [2.24, 2.45) is 0 Å². The molecular formula is C24H20N6. The Balaban J connectivity index is 1.24. The Hall–Kier alpha value is -4.06. The van der Waals surface area contributed by atoms with Crippen LogP contribution in [0.25, 0.3) is 22.5 Å². The van der Waals surface area contributed by atoms with E-state index in [9.17, 15) is 0 Å². The van der Waals surface area contributed by atoms with Crippen LogP contribution in [-0.4, -0.2) is 30.0 Å². The van der Waals surface area contributed by atoms with Gasteiger partial charge >= 0.3 is 0 Å². The van der Waals surface area contributed by atoms with Crippen LogP contribution in [0.4, 0.5) is 0 Å². The second-order valence-electron chi connectivity index (χ2n) is 7.15. The Morgan fingerprint density at radius 1 is 0.500 bits per heavy atom. The predicted octanol–water partition coefficient (Wildman–Crippen LogP) is 4.30. The largest absolute Gasteiger partial charge is 0.247 e. The first-order valence-electron chi connectivity index (χ1n) is 9.82. The molecule has 2 heterocycles. The lowest BCUT2D eigenvalue weighted by Crippen LogP contribution is -2.02. The summed E-state index contributed by atoms with van der Waals surface area (Å²) in [6.07, 6.45) is 3.95. The van der Waals surface area contributed by atoms with Gasteiger partial charge in [0.2, 0.25) is 0 Å². The highest BCUT2D eigenvalue weighted by atomic mass is 15.4. The molecule has 0 amide bonds. The van der Waals surface area contributed by atoms with Crippen LogP contribution in [0, 0.1) is 0 Å². The third-order valence-corrected chi connectivity index (χ3v) is 4.93. The summed E-state index contributed by atoms with van der Waals surface area (Å²) in [6, 6.07) is 28.6. The molecule has 0 radical (unpaired) electrons. The highest BCUT2D eigenvalue weighted by Gasteiger charge is 2.06. The molecule has 0 spiro atoms. The Morgan fingerprint density at radius 2 is 0.900 bits per heavy atom. The van der Waals surface area contributed by atoms with Crippen molar-refractivity contribution in [3.63, 3.8) is 0 Å². The molecule has 5 aromatic rings. The molecule has 0 unspecified atom stereocenters. The molecule has 2 aromatic heterocycles. The molecule has 0 bridgehead atoms. The topological polar surface area (TPSA) is 61.4 Å². The summed E-state index contributed by atoms with van der Waals surface area (Å²) in [7, 11) is 0. The standard InChI is InChI=1S/C24H20N6/c1-3-7-21(8-4-1)23-17-29(27-25-23)15-19-11-13-20(14-12-19)16-30-18-24(26-28-30)22-9-5-2-6-10-22/h1-14,17-18H,15-16H2. The Bertz CT molecular complexity index is 1120. The molecule has 146 valence electrons. The summed E-state index contributed by atoms with van der Waals surface area (Å²) in [5.41, 5.74) is 6.25. The third-order valence-electron chi connectivity index (χ3n) is 4.93. The van der Waals surface area contributed by atoms with E-state index in [1.54, 1.807) is 0 Å². The average molecular weight is 392 g/mol. The summed E-state index contributed by atoms with van der Waals surface area (Å²) in [5, 5.41) is 17.1. The van der Waals surface area contributed by atoms with Gasteiger partial charge in [0.25, 0.3) is 0 Å². The van der Waals surface area contributed by atoms with Crippen LogP contribution in [-0.2, 0) is 13.1 Å². The monoisotopic (exact) mass is 392 g/mol. The number of rotatable bonds is 6. The summed E-state index contributed by atoms with van der Waals surface area (Å²) in [5.74, 6) is 0. The van der Waals surface area contributed by atoms with Gasteiger partial charge in [-0.25, -0.2) is 9.36 Å². The highest BCUT2D eigenvalue weighted by molar-refractivity contribution is 5.57. The molecule has 6 heteroatoms. The van der Waals surface area contributed by atoms with Crippen molar-refractivity contribution in [3.8, 4) is 22.5 Å². The van der Waals surface area contributed by atoms with Crippen molar-refractivity contribution in [3.05, 3.63) is 108 Å². The van der Waals surface area contributed by atoms with Crippen LogP contribution >= 0.6 is 0 Å². The third kappa shape index (κ3) is 4.03. The van der Waals surface area contributed by atoms with E-state index >= 15 is 0 Å². The van der Waals surface area contributed by atoms with Crippen LogP contribution in [0.2, 0.25) is 0 Å². The average Bonchev–Trinajstić information content (AvgIpc) is 3.46. The minimum Gasteiger partial charge on any atom is -0.247 e. The van der Waals surface area contributed by atoms with Gasteiger partial charge in [0.1, 0.15) is 11.4 Å². The first-order valence-corrected chi connectivity index (χ1v) is 9.82. The van der Waals surface area contributed by atoms with Gasteiger partial charge < -0.3 is 0 Å². The SMILES string of the molecule is c1ccc(-c2cn(Cc3ccc(Cn4cc(-c5ccccc5)nn4)cc3)nn2)cc1. The molecule has 6 nitrogen and oxygen atoms in total. The van der Waals surface area contributed by atoms with Gasteiger partial charge in [0.05, 0.1) is 25.5 Å². The summed E-state index contributed by atoms with van der Waals surface area (Å²) < 4.78 is 3.72. The normalized spacial score (nSPS) is 10.9. The fraction of sp³-hybridized carbons (Fsp3) is 0.0833. The van der Waals surface area contributed by atoms with Crippen LogP contribution in [0.3, 0.4) is 0 Å². The lowest BCUT2D eigenvalue weighted by molar-refractivity contribution is 0.643. The summed E-state index contributed by atoms with van der Waals surface area (Å²) in [4.78, 5) is 0. The van der Waals surface area contributed by atoms with Gasteiger partial charge in [-0.1, -0.05) is 95.4 Å². The predicted molar refractivity (Wildman–Crippen MR) is 116 cm³/mol. The van der Waals surface area contributed by atoms with Crippen molar-refractivity contribution in [2.45, 2.75) is 13.1 Å². The van der Waals surface area contributed by atoms with E-state index in [-0.39, 0.29) is 0 Å². The van der Waals surface area contributed by atoms with E-state index in [2.05, 4.69) is 44.9 Å². The van der Waals surface area contributed by atoms with Gasteiger partial charge in [-0.3, -0.25) is 0 Å². The van der Waals surface area contributed by atoms with Crippen LogP contribution < -0.4 is 0 Å². The minimum atomic E-state index is 0.682. The van der Waals surface area contributed by atoms with Crippen LogP contribution in [0.15, 0.2) is 97.3 Å². The van der Waals surface area contributed by atoms with E-state index in [1.165, 1.54) is 11.1 Å².